The molecule has 2 aromatic heterocycles. The van der Waals surface area contributed by atoms with Crippen molar-refractivity contribution in [2.45, 2.75) is 6.43 Å². The molecule has 0 atom stereocenters. The van der Waals surface area contributed by atoms with Gasteiger partial charge in [0.1, 0.15) is 5.56 Å². The van der Waals surface area contributed by atoms with Crippen molar-refractivity contribution in [1.29, 1.82) is 0 Å². The van der Waals surface area contributed by atoms with Crippen LogP contribution in [-0.2, 0) is 0 Å². The molecule has 0 spiro atoms. The van der Waals surface area contributed by atoms with E-state index in [1.165, 1.54) is 12.1 Å². The summed E-state index contributed by atoms with van der Waals surface area (Å²) in [5, 5.41) is 12.2. The van der Waals surface area contributed by atoms with Gasteiger partial charge in [0, 0.05) is 0 Å². The second-order valence-corrected chi connectivity index (χ2v) is 3.76. The zero-order chi connectivity index (χ0) is 12.6. The Morgan fingerprint density at radius 1 is 1.47 bits per heavy atom. The number of furan rings is 1. The van der Waals surface area contributed by atoms with E-state index in [9.17, 15) is 13.6 Å². The molecule has 0 amide bonds. The lowest BCUT2D eigenvalue weighted by Crippen LogP contribution is -2.01. The van der Waals surface area contributed by atoms with Crippen molar-refractivity contribution >= 4 is 21.9 Å². The smallest absolute Gasteiger partial charge is 0.342 e. The first-order valence-corrected chi connectivity index (χ1v) is 5.06. The van der Waals surface area contributed by atoms with Gasteiger partial charge in [-0.1, -0.05) is 5.16 Å². The first-order chi connectivity index (χ1) is 8.00. The molecule has 0 saturated heterocycles. The summed E-state index contributed by atoms with van der Waals surface area (Å²) < 4.78 is 34.7. The normalized spacial score (nSPS) is 11.1. The predicted octanol–water partition coefficient (Wildman–Crippen LogP) is 3.33. The fraction of sp³-hybridized carbons (Fsp3) is 0.111. The molecule has 0 aromatic carbocycles. The minimum Gasteiger partial charge on any atom is -0.477 e. The summed E-state index contributed by atoms with van der Waals surface area (Å²) in [4.78, 5) is 10.9. The summed E-state index contributed by atoms with van der Waals surface area (Å²) in [5.74, 6) is -2.51. The van der Waals surface area contributed by atoms with E-state index < -0.39 is 23.7 Å². The Balaban J connectivity index is 2.59. The Bertz CT molecular complexity index is 563. The van der Waals surface area contributed by atoms with Crippen LogP contribution < -0.4 is 0 Å². The topological polar surface area (TPSA) is 76.5 Å². The molecule has 0 bridgehead atoms. The van der Waals surface area contributed by atoms with Crippen molar-refractivity contribution in [3.8, 4) is 11.5 Å². The van der Waals surface area contributed by atoms with Crippen molar-refractivity contribution < 1.29 is 27.6 Å². The summed E-state index contributed by atoms with van der Waals surface area (Å²) in [7, 11) is 0. The van der Waals surface area contributed by atoms with Crippen molar-refractivity contribution in [1.82, 2.24) is 5.16 Å². The largest absolute Gasteiger partial charge is 0.477 e. The highest BCUT2D eigenvalue weighted by Crippen LogP contribution is 2.33. The lowest BCUT2D eigenvalue weighted by molar-refractivity contribution is 0.0670. The van der Waals surface area contributed by atoms with Crippen molar-refractivity contribution in [3.63, 3.8) is 0 Å². The summed E-state index contributed by atoms with van der Waals surface area (Å²) in [6.45, 7) is 0. The molecule has 0 fully saturated rings. The molecule has 0 radical (unpaired) electrons. The number of rotatable bonds is 3. The van der Waals surface area contributed by atoms with Gasteiger partial charge in [-0.25, -0.2) is 13.6 Å². The van der Waals surface area contributed by atoms with Gasteiger partial charge in [0.15, 0.2) is 16.1 Å². The zero-order valence-corrected chi connectivity index (χ0v) is 9.57. The number of carboxylic acids is 1. The second kappa shape index (κ2) is 4.28. The van der Waals surface area contributed by atoms with Crippen LogP contribution in [0.25, 0.3) is 11.5 Å². The van der Waals surface area contributed by atoms with Gasteiger partial charge in [-0.15, -0.1) is 0 Å². The number of aromatic carboxylic acids is 1. The fourth-order valence-corrected chi connectivity index (χ4v) is 1.57. The van der Waals surface area contributed by atoms with Crippen LogP contribution in [0.2, 0.25) is 0 Å². The lowest BCUT2D eigenvalue weighted by atomic mass is 10.1. The molecule has 90 valence electrons. The van der Waals surface area contributed by atoms with E-state index in [4.69, 9.17) is 9.52 Å². The molecular formula is C9H4BrF2NO4. The molecule has 17 heavy (non-hydrogen) atoms. The Morgan fingerprint density at radius 2 is 2.18 bits per heavy atom. The number of nitrogens with zero attached hydrogens (tertiary/aromatic N) is 1. The van der Waals surface area contributed by atoms with Gasteiger partial charge in [0.05, 0.1) is 0 Å². The van der Waals surface area contributed by atoms with Crippen LogP contribution in [0.4, 0.5) is 8.78 Å². The van der Waals surface area contributed by atoms with Crippen LogP contribution in [0.3, 0.4) is 0 Å². The van der Waals surface area contributed by atoms with Crippen molar-refractivity contribution in [3.05, 3.63) is 28.1 Å². The van der Waals surface area contributed by atoms with E-state index in [-0.39, 0.29) is 11.5 Å². The summed E-state index contributed by atoms with van der Waals surface area (Å²) in [5.41, 5.74) is -0.958. The number of alkyl halides is 2. The number of aromatic nitrogens is 1. The first kappa shape index (κ1) is 11.8. The fourth-order valence-electron chi connectivity index (χ4n) is 1.27. The van der Waals surface area contributed by atoms with Crippen LogP contribution in [-0.4, -0.2) is 16.2 Å². The van der Waals surface area contributed by atoms with Crippen molar-refractivity contribution in [2.75, 3.05) is 0 Å². The quantitative estimate of drug-likeness (QED) is 0.941. The minimum atomic E-state index is -3.05. The molecule has 2 heterocycles. The predicted molar refractivity (Wildman–Crippen MR) is 53.8 cm³/mol. The van der Waals surface area contributed by atoms with Crippen LogP contribution >= 0.6 is 15.9 Å². The first-order valence-electron chi connectivity index (χ1n) is 4.27. The SMILES string of the molecule is O=C(O)c1c(-c2ccc(Br)o2)noc1C(F)F. The zero-order valence-electron chi connectivity index (χ0n) is 7.99. The van der Waals surface area contributed by atoms with Gasteiger partial charge in [0.2, 0.25) is 5.76 Å². The van der Waals surface area contributed by atoms with E-state index in [2.05, 4.69) is 25.6 Å². The third kappa shape index (κ3) is 2.07. The van der Waals surface area contributed by atoms with Crippen LogP contribution in [0.5, 0.6) is 0 Å². The summed E-state index contributed by atoms with van der Waals surface area (Å²) in [6, 6.07) is 2.88. The van der Waals surface area contributed by atoms with Gasteiger partial charge in [-0.2, -0.15) is 0 Å². The van der Waals surface area contributed by atoms with E-state index in [0.717, 1.165) is 0 Å². The third-order valence-corrected chi connectivity index (χ3v) is 2.36. The molecular weight excluding hydrogens is 304 g/mol. The second-order valence-electron chi connectivity index (χ2n) is 2.98. The molecule has 1 N–H and O–H groups in total. The number of hydrogen-bond acceptors (Lipinski definition) is 4. The van der Waals surface area contributed by atoms with Gasteiger partial charge in [-0.05, 0) is 28.1 Å². The molecule has 2 aromatic rings. The van der Waals surface area contributed by atoms with E-state index in [0.29, 0.717) is 4.67 Å². The lowest BCUT2D eigenvalue weighted by Gasteiger charge is -1.95. The van der Waals surface area contributed by atoms with Crippen LogP contribution in [0.15, 0.2) is 25.7 Å². The van der Waals surface area contributed by atoms with Gasteiger partial charge in [0.25, 0.3) is 6.43 Å². The minimum absolute atomic E-state index is 0.0323. The standard InChI is InChI=1S/C9H4BrF2NO4/c10-4-2-1-3(16-4)6-5(9(14)15)7(8(11)12)17-13-6/h1-2,8H,(H,14,15). The molecule has 0 unspecified atom stereocenters. The number of carbonyl (C=O) groups is 1. The summed E-state index contributed by atoms with van der Waals surface area (Å²) in [6.07, 6.45) is -3.05. The Kier molecular flexibility index (Phi) is 2.97. The van der Waals surface area contributed by atoms with Gasteiger partial charge < -0.3 is 14.0 Å². The molecule has 0 aliphatic heterocycles. The Labute approximate surface area is 101 Å². The van der Waals surface area contributed by atoms with Gasteiger partial charge in [-0.3, -0.25) is 0 Å². The molecule has 8 heteroatoms. The molecule has 0 aliphatic rings. The Morgan fingerprint density at radius 3 is 2.65 bits per heavy atom. The van der Waals surface area contributed by atoms with E-state index in [1.807, 2.05) is 0 Å². The average molecular weight is 308 g/mol. The highest BCUT2D eigenvalue weighted by atomic mass is 79.9. The molecule has 0 saturated carbocycles. The monoisotopic (exact) mass is 307 g/mol. The van der Waals surface area contributed by atoms with Crippen LogP contribution in [0.1, 0.15) is 22.5 Å². The third-order valence-electron chi connectivity index (χ3n) is 1.94. The number of halogens is 3. The van der Waals surface area contributed by atoms with E-state index >= 15 is 0 Å². The average Bonchev–Trinajstić information content (AvgIpc) is 2.82. The maximum Gasteiger partial charge on any atom is 0.342 e. The number of carboxylic acid groups (broad SMARTS) is 1. The summed E-state index contributed by atoms with van der Waals surface area (Å²) >= 11 is 3.01. The number of hydrogen-bond donors (Lipinski definition) is 1. The van der Waals surface area contributed by atoms with Crippen LogP contribution in [0, 0.1) is 0 Å². The maximum absolute atomic E-state index is 12.5. The maximum atomic E-state index is 12.5. The van der Waals surface area contributed by atoms with Gasteiger partial charge >= 0.3 is 5.97 Å². The molecule has 0 aliphatic carbocycles. The molecule has 2 rings (SSSR count). The van der Waals surface area contributed by atoms with E-state index in [1.54, 1.807) is 0 Å². The highest BCUT2D eigenvalue weighted by Gasteiger charge is 2.30. The van der Waals surface area contributed by atoms with Crippen molar-refractivity contribution in [2.24, 2.45) is 0 Å². The highest BCUT2D eigenvalue weighted by molar-refractivity contribution is 9.10. The Hall–Kier alpha value is -1.70. The molecule has 5 nitrogen and oxygen atoms in total.